The number of halogens is 2. The second kappa shape index (κ2) is 9.03. The highest BCUT2D eigenvalue weighted by Gasteiger charge is 2.26. The average molecular weight is 437 g/mol. The largest absolute Gasteiger partial charge is 0.369 e. The molecule has 3 nitrogen and oxygen atoms in total. The van der Waals surface area contributed by atoms with Gasteiger partial charge in [-0.25, -0.2) is 0 Å². The van der Waals surface area contributed by atoms with Crippen LogP contribution in [0.1, 0.15) is 27.0 Å². The van der Waals surface area contributed by atoms with E-state index in [2.05, 4.69) is 35.0 Å². The van der Waals surface area contributed by atoms with Gasteiger partial charge in [-0.2, -0.15) is 0 Å². The van der Waals surface area contributed by atoms with E-state index in [1.165, 1.54) is 0 Å². The zero-order valence-electron chi connectivity index (χ0n) is 16.7. The molecule has 4 rings (SSSR count). The van der Waals surface area contributed by atoms with Gasteiger partial charge < -0.3 is 4.90 Å². The van der Waals surface area contributed by atoms with Crippen LogP contribution >= 0.6 is 23.2 Å². The molecule has 0 radical (unpaired) electrons. The van der Waals surface area contributed by atoms with Gasteiger partial charge in [0.25, 0.3) is 0 Å². The third-order valence-corrected chi connectivity index (χ3v) is 5.73. The Labute approximate surface area is 187 Å². The molecule has 0 atom stereocenters. The smallest absolute Gasteiger partial charge is 0.194 e. The summed E-state index contributed by atoms with van der Waals surface area (Å²) in [6.07, 6.45) is 1.85. The van der Waals surface area contributed by atoms with Gasteiger partial charge in [-0.15, -0.1) is 23.2 Å². The lowest BCUT2D eigenvalue weighted by molar-refractivity contribution is 0.104. The van der Waals surface area contributed by atoms with Crippen LogP contribution in [0.25, 0.3) is 11.1 Å². The van der Waals surface area contributed by atoms with Crippen molar-refractivity contribution in [2.45, 2.75) is 6.92 Å². The van der Waals surface area contributed by atoms with Crippen LogP contribution in [0.2, 0.25) is 0 Å². The van der Waals surface area contributed by atoms with Crippen molar-refractivity contribution in [2.75, 3.05) is 29.7 Å². The van der Waals surface area contributed by atoms with E-state index in [1.54, 1.807) is 0 Å². The Morgan fingerprint density at radius 2 is 1.57 bits per heavy atom. The van der Waals surface area contributed by atoms with Crippen molar-refractivity contribution in [2.24, 2.45) is 4.99 Å². The maximum atomic E-state index is 12.7. The summed E-state index contributed by atoms with van der Waals surface area (Å²) >= 11 is 11.8. The molecule has 152 valence electrons. The van der Waals surface area contributed by atoms with E-state index in [9.17, 15) is 4.79 Å². The van der Waals surface area contributed by atoms with Gasteiger partial charge in [0, 0.05) is 47.9 Å². The number of carbonyl (C=O) groups is 1. The fourth-order valence-electron chi connectivity index (χ4n) is 3.82. The molecule has 1 aliphatic rings. The molecule has 0 amide bonds. The number of rotatable bonds is 7. The predicted molar refractivity (Wildman–Crippen MR) is 127 cm³/mol. The summed E-state index contributed by atoms with van der Waals surface area (Å²) < 4.78 is 0. The number of hydrogen-bond donors (Lipinski definition) is 0. The molecule has 0 N–H and O–H groups in total. The minimum Gasteiger partial charge on any atom is -0.369 e. The zero-order valence-corrected chi connectivity index (χ0v) is 18.2. The number of benzene rings is 3. The first-order chi connectivity index (χ1) is 14.6. The zero-order chi connectivity index (χ0) is 21.1. The van der Waals surface area contributed by atoms with Crippen LogP contribution in [0.3, 0.4) is 0 Å². The van der Waals surface area contributed by atoms with E-state index < -0.39 is 0 Å². The lowest BCUT2D eigenvalue weighted by Crippen LogP contribution is -2.27. The molecule has 0 fully saturated rings. The van der Waals surface area contributed by atoms with Gasteiger partial charge in [0.05, 0.1) is 5.69 Å². The number of nitrogens with zero attached hydrogens (tertiary/aromatic N) is 2. The second-order valence-electron chi connectivity index (χ2n) is 7.27. The summed E-state index contributed by atoms with van der Waals surface area (Å²) in [4.78, 5) is 19.5. The monoisotopic (exact) mass is 436 g/mol. The summed E-state index contributed by atoms with van der Waals surface area (Å²) in [6, 6.07) is 19.8. The molecule has 0 spiro atoms. The van der Waals surface area contributed by atoms with Gasteiger partial charge in [-0.1, -0.05) is 36.4 Å². The van der Waals surface area contributed by atoms with E-state index in [1.807, 2.05) is 48.7 Å². The van der Waals surface area contributed by atoms with Gasteiger partial charge in [0.1, 0.15) is 0 Å². The standard InChI is InChI=1S/C25H22Cl2N2O/c1-17-14-20(29(12-10-26)13-11-27)8-6-18(17)16-28-19-7-9-22-21-4-2-3-5-23(21)25(30)24(22)15-19/h2-9,14-16H,10-13H2,1H3. The number of fused-ring (bicyclic) bond motifs is 3. The van der Waals surface area contributed by atoms with Crippen molar-refractivity contribution >= 4 is 46.6 Å². The van der Waals surface area contributed by atoms with Crippen molar-refractivity contribution < 1.29 is 4.79 Å². The normalized spacial score (nSPS) is 12.3. The first kappa shape index (κ1) is 20.6. The van der Waals surface area contributed by atoms with Crippen molar-refractivity contribution in [3.05, 3.63) is 82.9 Å². The second-order valence-corrected chi connectivity index (χ2v) is 8.02. The number of anilines is 1. The topological polar surface area (TPSA) is 32.7 Å². The van der Waals surface area contributed by atoms with Gasteiger partial charge >= 0.3 is 0 Å². The summed E-state index contributed by atoms with van der Waals surface area (Å²) in [5, 5.41) is 0. The van der Waals surface area contributed by atoms with Gasteiger partial charge in [-0.3, -0.25) is 9.79 Å². The maximum Gasteiger partial charge on any atom is 0.194 e. The molecule has 0 bridgehead atoms. The Morgan fingerprint density at radius 3 is 2.27 bits per heavy atom. The van der Waals surface area contributed by atoms with E-state index in [4.69, 9.17) is 23.2 Å². The van der Waals surface area contributed by atoms with Crippen LogP contribution in [-0.2, 0) is 0 Å². The quantitative estimate of drug-likeness (QED) is 0.253. The highest BCUT2D eigenvalue weighted by atomic mass is 35.5. The molecule has 0 saturated heterocycles. The van der Waals surface area contributed by atoms with Crippen molar-refractivity contribution in [1.82, 2.24) is 0 Å². The summed E-state index contributed by atoms with van der Waals surface area (Å²) in [7, 11) is 0. The molecular formula is C25H22Cl2N2O. The lowest BCUT2D eigenvalue weighted by Gasteiger charge is -2.23. The number of aryl methyl sites for hydroxylation is 1. The summed E-state index contributed by atoms with van der Waals surface area (Å²) in [5.74, 6) is 1.18. The Morgan fingerprint density at radius 1 is 0.867 bits per heavy atom. The van der Waals surface area contributed by atoms with Crippen molar-refractivity contribution in [3.8, 4) is 11.1 Å². The first-order valence-electron chi connectivity index (χ1n) is 9.92. The fraction of sp³-hybridized carbons (Fsp3) is 0.200. The molecule has 3 aromatic rings. The highest BCUT2D eigenvalue weighted by Crippen LogP contribution is 2.38. The number of ketones is 1. The Balaban J connectivity index is 1.57. The van der Waals surface area contributed by atoms with Crippen LogP contribution in [0.15, 0.2) is 65.7 Å². The minimum atomic E-state index is 0.0665. The van der Waals surface area contributed by atoms with Crippen LogP contribution < -0.4 is 4.90 Å². The van der Waals surface area contributed by atoms with Gasteiger partial charge in [0.15, 0.2) is 5.78 Å². The minimum absolute atomic E-state index is 0.0665. The molecule has 0 aliphatic heterocycles. The highest BCUT2D eigenvalue weighted by molar-refractivity contribution is 6.22. The average Bonchev–Trinajstić information content (AvgIpc) is 3.05. The molecule has 0 saturated carbocycles. The molecular weight excluding hydrogens is 415 g/mol. The predicted octanol–water partition coefficient (Wildman–Crippen LogP) is 6.24. The third-order valence-electron chi connectivity index (χ3n) is 5.39. The Bertz CT molecular complexity index is 1120. The van der Waals surface area contributed by atoms with Crippen LogP contribution in [0.5, 0.6) is 0 Å². The van der Waals surface area contributed by atoms with Gasteiger partial charge in [-0.05, 0) is 53.4 Å². The van der Waals surface area contributed by atoms with Crippen LogP contribution in [0, 0.1) is 6.92 Å². The lowest BCUT2D eigenvalue weighted by atomic mass is 10.1. The number of carbonyl (C=O) groups excluding carboxylic acids is 1. The summed E-state index contributed by atoms with van der Waals surface area (Å²) in [6.45, 7) is 3.58. The maximum absolute atomic E-state index is 12.7. The third kappa shape index (κ3) is 4.00. The van der Waals surface area contributed by atoms with Crippen molar-refractivity contribution in [3.63, 3.8) is 0 Å². The Kier molecular flexibility index (Phi) is 6.21. The summed E-state index contributed by atoms with van der Waals surface area (Å²) in [5.41, 5.74) is 7.48. The van der Waals surface area contributed by atoms with E-state index in [-0.39, 0.29) is 5.78 Å². The molecule has 3 aromatic carbocycles. The van der Waals surface area contributed by atoms with Crippen molar-refractivity contribution in [1.29, 1.82) is 0 Å². The molecule has 30 heavy (non-hydrogen) atoms. The van der Waals surface area contributed by atoms with Crippen LogP contribution in [-0.4, -0.2) is 36.8 Å². The molecule has 0 unspecified atom stereocenters. The Hall–Kier alpha value is -2.62. The van der Waals surface area contributed by atoms with Gasteiger partial charge in [0.2, 0.25) is 0 Å². The number of alkyl halides is 2. The molecule has 0 heterocycles. The first-order valence-corrected chi connectivity index (χ1v) is 11.0. The fourth-order valence-corrected chi connectivity index (χ4v) is 4.22. The SMILES string of the molecule is Cc1cc(N(CCCl)CCCl)ccc1C=Nc1ccc2c(c1)C(=O)c1ccccc1-2. The van der Waals surface area contributed by atoms with E-state index in [0.717, 1.165) is 57.8 Å². The molecule has 0 aromatic heterocycles. The number of aliphatic imine (C=N–C) groups is 1. The number of hydrogen-bond acceptors (Lipinski definition) is 3. The van der Waals surface area contributed by atoms with E-state index >= 15 is 0 Å². The van der Waals surface area contributed by atoms with E-state index in [0.29, 0.717) is 11.8 Å². The van der Waals surface area contributed by atoms with Crippen LogP contribution in [0.4, 0.5) is 11.4 Å². The molecule has 1 aliphatic carbocycles. The molecule has 5 heteroatoms.